The smallest absolute Gasteiger partial charge is 0.222 e. The van der Waals surface area contributed by atoms with E-state index in [-0.39, 0.29) is 18.1 Å². The quantitative estimate of drug-likeness (QED) is 0.780. The van der Waals surface area contributed by atoms with Crippen LogP contribution in [0.15, 0.2) is 0 Å². The minimum absolute atomic E-state index is 0.180. The number of likely N-dealkylation sites (N-methyl/N-ethyl adjacent to an activating group) is 1. The number of nitrogens with zero attached hydrogens (tertiary/aromatic N) is 2. The molecule has 1 heterocycles. The third-order valence-corrected chi connectivity index (χ3v) is 3.22. The van der Waals surface area contributed by atoms with Crippen molar-refractivity contribution in [3.8, 4) is 0 Å². The largest absolute Gasteiger partial charge is 0.391 e. The van der Waals surface area contributed by atoms with Gasteiger partial charge in [0.2, 0.25) is 5.91 Å². The van der Waals surface area contributed by atoms with Gasteiger partial charge in [-0.05, 0) is 32.9 Å². The maximum absolute atomic E-state index is 12.1. The zero-order valence-corrected chi connectivity index (χ0v) is 11.5. The molecule has 1 aliphatic rings. The summed E-state index contributed by atoms with van der Waals surface area (Å²) in [5.74, 6) is 0.751. The first kappa shape index (κ1) is 14.5. The standard InChI is InChI=1S/C13H26N2O2/c1-10(2)5-6-13(17)15-9-12(16)7-11(15)8-14(3)4/h10-12,16H,5-9H2,1-4H3. The predicted molar refractivity (Wildman–Crippen MR) is 68.8 cm³/mol. The zero-order chi connectivity index (χ0) is 13.0. The number of carbonyl (C=O) groups is 1. The summed E-state index contributed by atoms with van der Waals surface area (Å²) in [4.78, 5) is 16.0. The minimum atomic E-state index is -0.344. The Labute approximate surface area is 105 Å². The summed E-state index contributed by atoms with van der Waals surface area (Å²) < 4.78 is 0. The van der Waals surface area contributed by atoms with E-state index >= 15 is 0 Å². The van der Waals surface area contributed by atoms with Gasteiger partial charge in [0.15, 0.2) is 0 Å². The van der Waals surface area contributed by atoms with E-state index < -0.39 is 0 Å². The van der Waals surface area contributed by atoms with E-state index in [0.29, 0.717) is 25.3 Å². The first-order valence-electron chi connectivity index (χ1n) is 6.52. The van der Waals surface area contributed by atoms with Gasteiger partial charge < -0.3 is 14.9 Å². The van der Waals surface area contributed by atoms with Crippen LogP contribution in [0.2, 0.25) is 0 Å². The fraction of sp³-hybridized carbons (Fsp3) is 0.923. The first-order chi connectivity index (χ1) is 7.90. The second-order valence-corrected chi connectivity index (χ2v) is 5.78. The number of carbonyl (C=O) groups excluding carboxylic acids is 1. The lowest BCUT2D eigenvalue weighted by Gasteiger charge is -2.27. The number of rotatable bonds is 5. The highest BCUT2D eigenvalue weighted by atomic mass is 16.3. The van der Waals surface area contributed by atoms with E-state index in [0.717, 1.165) is 13.0 Å². The molecule has 4 nitrogen and oxygen atoms in total. The van der Waals surface area contributed by atoms with Crippen molar-refractivity contribution in [1.29, 1.82) is 0 Å². The number of likely N-dealkylation sites (tertiary alicyclic amines) is 1. The number of amides is 1. The van der Waals surface area contributed by atoms with E-state index in [9.17, 15) is 9.90 Å². The van der Waals surface area contributed by atoms with Gasteiger partial charge in [-0.25, -0.2) is 0 Å². The van der Waals surface area contributed by atoms with Gasteiger partial charge in [0.25, 0.3) is 0 Å². The Bertz CT molecular complexity index is 254. The summed E-state index contributed by atoms with van der Waals surface area (Å²) in [6, 6.07) is 0.180. The fourth-order valence-corrected chi connectivity index (χ4v) is 2.35. The van der Waals surface area contributed by atoms with Crippen LogP contribution in [0.5, 0.6) is 0 Å². The van der Waals surface area contributed by atoms with E-state index in [1.165, 1.54) is 0 Å². The second kappa shape index (κ2) is 6.36. The average Bonchev–Trinajstić information content (AvgIpc) is 2.54. The number of hydrogen-bond acceptors (Lipinski definition) is 3. The van der Waals surface area contributed by atoms with Crippen LogP contribution in [0.25, 0.3) is 0 Å². The van der Waals surface area contributed by atoms with Crippen molar-refractivity contribution in [2.45, 2.75) is 45.3 Å². The topological polar surface area (TPSA) is 43.8 Å². The van der Waals surface area contributed by atoms with Crippen molar-refractivity contribution in [1.82, 2.24) is 9.80 Å². The molecule has 1 amide bonds. The molecule has 0 aliphatic carbocycles. The van der Waals surface area contributed by atoms with Gasteiger partial charge in [-0.1, -0.05) is 13.8 Å². The van der Waals surface area contributed by atoms with E-state index in [1.807, 2.05) is 19.0 Å². The molecule has 0 radical (unpaired) electrons. The first-order valence-corrected chi connectivity index (χ1v) is 6.52. The van der Waals surface area contributed by atoms with Crippen LogP contribution in [0, 0.1) is 5.92 Å². The highest BCUT2D eigenvalue weighted by molar-refractivity contribution is 5.77. The number of aliphatic hydroxyl groups excluding tert-OH is 1. The van der Waals surface area contributed by atoms with Crippen molar-refractivity contribution >= 4 is 5.91 Å². The van der Waals surface area contributed by atoms with Crippen LogP contribution in [0.3, 0.4) is 0 Å². The summed E-state index contributed by atoms with van der Waals surface area (Å²) in [5, 5.41) is 9.70. The lowest BCUT2D eigenvalue weighted by atomic mass is 10.1. The molecule has 1 aliphatic heterocycles. The molecule has 0 spiro atoms. The van der Waals surface area contributed by atoms with Crippen molar-refractivity contribution in [2.75, 3.05) is 27.2 Å². The Balaban J connectivity index is 2.51. The van der Waals surface area contributed by atoms with Gasteiger partial charge in [-0.2, -0.15) is 0 Å². The fourth-order valence-electron chi connectivity index (χ4n) is 2.35. The zero-order valence-electron chi connectivity index (χ0n) is 11.5. The Hall–Kier alpha value is -0.610. The normalized spacial score (nSPS) is 25.0. The molecule has 1 fully saturated rings. The molecule has 0 bridgehead atoms. The van der Waals surface area contributed by atoms with Crippen molar-refractivity contribution in [2.24, 2.45) is 5.92 Å². The predicted octanol–water partition coefficient (Wildman–Crippen LogP) is 0.946. The van der Waals surface area contributed by atoms with Crippen LogP contribution < -0.4 is 0 Å². The Morgan fingerprint density at radius 3 is 2.65 bits per heavy atom. The maximum atomic E-state index is 12.1. The van der Waals surface area contributed by atoms with Gasteiger partial charge in [-0.3, -0.25) is 4.79 Å². The van der Waals surface area contributed by atoms with E-state index in [2.05, 4.69) is 18.7 Å². The third-order valence-electron chi connectivity index (χ3n) is 3.22. The third kappa shape index (κ3) is 4.64. The monoisotopic (exact) mass is 242 g/mol. The molecule has 1 rings (SSSR count). The van der Waals surface area contributed by atoms with Crippen LogP contribution >= 0.6 is 0 Å². The highest BCUT2D eigenvalue weighted by Gasteiger charge is 2.33. The van der Waals surface area contributed by atoms with Gasteiger partial charge in [0.1, 0.15) is 0 Å². The average molecular weight is 242 g/mol. The molecule has 2 unspecified atom stereocenters. The van der Waals surface area contributed by atoms with Gasteiger partial charge in [0, 0.05) is 25.6 Å². The van der Waals surface area contributed by atoms with Crippen LogP contribution in [-0.4, -0.2) is 60.1 Å². The summed E-state index contributed by atoms with van der Waals surface area (Å²) in [6.07, 6.45) is 1.91. The number of hydrogen-bond donors (Lipinski definition) is 1. The molecular formula is C13H26N2O2. The summed E-state index contributed by atoms with van der Waals surface area (Å²) in [5.41, 5.74) is 0. The number of β-amino-alcohol motifs (C(OH)–C–C–N with tert-alkyl or cyclic N) is 1. The van der Waals surface area contributed by atoms with Crippen molar-refractivity contribution in [3.05, 3.63) is 0 Å². The van der Waals surface area contributed by atoms with Crippen LogP contribution in [0.4, 0.5) is 0 Å². The van der Waals surface area contributed by atoms with Gasteiger partial charge in [0.05, 0.1) is 6.10 Å². The van der Waals surface area contributed by atoms with Crippen molar-refractivity contribution in [3.63, 3.8) is 0 Å². The summed E-state index contributed by atoms with van der Waals surface area (Å²) in [7, 11) is 4.00. The highest BCUT2D eigenvalue weighted by Crippen LogP contribution is 2.20. The van der Waals surface area contributed by atoms with Crippen LogP contribution in [-0.2, 0) is 4.79 Å². The molecule has 4 heteroatoms. The van der Waals surface area contributed by atoms with Gasteiger partial charge >= 0.3 is 0 Å². The van der Waals surface area contributed by atoms with Crippen LogP contribution in [0.1, 0.15) is 33.1 Å². The molecule has 0 aromatic carbocycles. The molecule has 100 valence electrons. The minimum Gasteiger partial charge on any atom is -0.391 e. The molecule has 1 N–H and O–H groups in total. The van der Waals surface area contributed by atoms with Gasteiger partial charge in [-0.15, -0.1) is 0 Å². The molecule has 2 atom stereocenters. The number of aliphatic hydroxyl groups is 1. The molecule has 1 saturated heterocycles. The summed E-state index contributed by atoms with van der Waals surface area (Å²) >= 11 is 0. The lowest BCUT2D eigenvalue weighted by Crippen LogP contribution is -2.41. The molecule has 17 heavy (non-hydrogen) atoms. The van der Waals surface area contributed by atoms with E-state index in [4.69, 9.17) is 0 Å². The van der Waals surface area contributed by atoms with Crippen molar-refractivity contribution < 1.29 is 9.90 Å². The molecule has 0 saturated carbocycles. The maximum Gasteiger partial charge on any atom is 0.222 e. The molecule has 0 aromatic heterocycles. The Morgan fingerprint density at radius 2 is 2.12 bits per heavy atom. The van der Waals surface area contributed by atoms with E-state index in [1.54, 1.807) is 0 Å². The molecule has 0 aromatic rings. The molecular weight excluding hydrogens is 216 g/mol. The summed E-state index contributed by atoms with van der Waals surface area (Å²) in [6.45, 7) is 5.60. The lowest BCUT2D eigenvalue weighted by molar-refractivity contribution is -0.132. The SMILES string of the molecule is CC(C)CCC(=O)N1CC(O)CC1CN(C)C. The Morgan fingerprint density at radius 1 is 1.47 bits per heavy atom. The second-order valence-electron chi connectivity index (χ2n) is 5.78. The Kier molecular flexibility index (Phi) is 5.40.